The summed E-state index contributed by atoms with van der Waals surface area (Å²) >= 11 is 5.94. The van der Waals surface area contributed by atoms with Crippen LogP contribution in [0.15, 0.2) is 54.6 Å². The summed E-state index contributed by atoms with van der Waals surface area (Å²) in [7, 11) is 0. The Bertz CT molecular complexity index is 892. The Labute approximate surface area is 152 Å². The quantitative estimate of drug-likeness (QED) is 0.737. The lowest BCUT2D eigenvalue weighted by molar-refractivity contribution is 0.926. The zero-order chi connectivity index (χ0) is 17.2. The first-order chi connectivity index (χ1) is 12.2. The van der Waals surface area contributed by atoms with E-state index in [1.807, 2.05) is 37.3 Å². The van der Waals surface area contributed by atoms with Gasteiger partial charge in [-0.1, -0.05) is 41.9 Å². The third-order valence-electron chi connectivity index (χ3n) is 4.36. The number of para-hydroxylation sites is 1. The van der Waals surface area contributed by atoms with E-state index < -0.39 is 0 Å². The summed E-state index contributed by atoms with van der Waals surface area (Å²) in [6, 6.07) is 18.3. The number of aromatic nitrogens is 2. The fraction of sp³-hybridized carbons (Fsp3) is 0.200. The molecule has 4 nitrogen and oxygen atoms in total. The molecule has 3 aromatic rings. The van der Waals surface area contributed by atoms with E-state index in [1.54, 1.807) is 0 Å². The Morgan fingerprint density at radius 1 is 1.08 bits per heavy atom. The van der Waals surface area contributed by atoms with Gasteiger partial charge < -0.3 is 10.2 Å². The van der Waals surface area contributed by atoms with Gasteiger partial charge in [-0.2, -0.15) is 4.98 Å². The average molecular weight is 351 g/mol. The molecule has 126 valence electrons. The number of hydrogen-bond donors (Lipinski definition) is 1. The molecule has 0 bridgehead atoms. The number of fused-ring (bicyclic) bond motifs is 1. The fourth-order valence-corrected chi connectivity index (χ4v) is 3.23. The Morgan fingerprint density at radius 3 is 2.72 bits per heavy atom. The summed E-state index contributed by atoms with van der Waals surface area (Å²) in [4.78, 5) is 11.6. The second kappa shape index (κ2) is 6.73. The number of rotatable bonds is 4. The Kier molecular flexibility index (Phi) is 4.28. The van der Waals surface area contributed by atoms with Crippen LogP contribution in [0.2, 0.25) is 5.02 Å². The van der Waals surface area contributed by atoms with Gasteiger partial charge in [-0.05, 0) is 42.7 Å². The van der Waals surface area contributed by atoms with Gasteiger partial charge in [-0.25, -0.2) is 4.98 Å². The molecule has 0 saturated carbocycles. The minimum absolute atomic E-state index is 0.698. The van der Waals surface area contributed by atoms with E-state index in [2.05, 4.69) is 39.5 Å². The molecule has 5 heteroatoms. The maximum atomic E-state index is 5.94. The van der Waals surface area contributed by atoms with Crippen molar-refractivity contribution in [3.8, 4) is 0 Å². The number of nitrogens with zero attached hydrogens (tertiary/aromatic N) is 3. The highest BCUT2D eigenvalue weighted by Gasteiger charge is 2.22. The zero-order valence-corrected chi connectivity index (χ0v) is 14.8. The van der Waals surface area contributed by atoms with Crippen LogP contribution in [0.1, 0.15) is 16.8 Å². The van der Waals surface area contributed by atoms with Gasteiger partial charge in [0.25, 0.3) is 0 Å². The number of benzene rings is 2. The lowest BCUT2D eigenvalue weighted by atomic mass is 10.2. The normalized spacial score (nSPS) is 13.0. The van der Waals surface area contributed by atoms with Crippen LogP contribution in [0.4, 0.5) is 17.5 Å². The van der Waals surface area contributed by atoms with E-state index in [0.717, 1.165) is 41.0 Å². The second-order valence-corrected chi connectivity index (χ2v) is 6.64. The van der Waals surface area contributed by atoms with Crippen LogP contribution in [0.3, 0.4) is 0 Å². The standard InChI is InChI=1S/C20H19ClN4/c1-14-12-19(22-13-15-6-8-17(21)9-7-15)24-20(23-14)25-11-10-16-4-2-3-5-18(16)25/h2-9,12H,10-11,13H2,1H3,(H,22,23,24). The molecule has 1 aliphatic heterocycles. The van der Waals surface area contributed by atoms with Crippen LogP contribution in [0, 0.1) is 6.92 Å². The molecule has 0 spiro atoms. The van der Waals surface area contributed by atoms with Crippen molar-refractivity contribution >= 4 is 29.1 Å². The van der Waals surface area contributed by atoms with E-state index in [0.29, 0.717) is 6.54 Å². The predicted octanol–water partition coefficient (Wildman–Crippen LogP) is 4.74. The van der Waals surface area contributed by atoms with Crippen molar-refractivity contribution < 1.29 is 0 Å². The predicted molar refractivity (Wildman–Crippen MR) is 103 cm³/mol. The summed E-state index contributed by atoms with van der Waals surface area (Å²) in [6.45, 7) is 3.61. The van der Waals surface area contributed by atoms with Crippen LogP contribution in [-0.2, 0) is 13.0 Å². The summed E-state index contributed by atoms with van der Waals surface area (Å²) in [5.74, 6) is 1.59. The van der Waals surface area contributed by atoms with Crippen LogP contribution < -0.4 is 10.2 Å². The van der Waals surface area contributed by atoms with Crippen molar-refractivity contribution in [3.63, 3.8) is 0 Å². The number of anilines is 3. The highest BCUT2D eigenvalue weighted by atomic mass is 35.5. The summed E-state index contributed by atoms with van der Waals surface area (Å²) in [5.41, 5.74) is 4.67. The molecule has 4 rings (SSSR count). The molecule has 1 N–H and O–H groups in total. The molecule has 25 heavy (non-hydrogen) atoms. The lowest BCUT2D eigenvalue weighted by Gasteiger charge is -2.18. The van der Waals surface area contributed by atoms with Crippen molar-refractivity contribution in [1.29, 1.82) is 0 Å². The lowest BCUT2D eigenvalue weighted by Crippen LogP contribution is -2.17. The SMILES string of the molecule is Cc1cc(NCc2ccc(Cl)cc2)nc(N2CCc3ccccc32)n1. The molecule has 2 heterocycles. The van der Waals surface area contributed by atoms with Crippen LogP contribution >= 0.6 is 11.6 Å². The first-order valence-electron chi connectivity index (χ1n) is 8.38. The van der Waals surface area contributed by atoms with E-state index >= 15 is 0 Å². The Hall–Kier alpha value is -2.59. The maximum absolute atomic E-state index is 5.94. The largest absolute Gasteiger partial charge is 0.366 e. The monoisotopic (exact) mass is 350 g/mol. The third kappa shape index (κ3) is 3.44. The highest BCUT2D eigenvalue weighted by Crippen LogP contribution is 2.32. The first kappa shape index (κ1) is 15.9. The minimum Gasteiger partial charge on any atom is -0.366 e. The van der Waals surface area contributed by atoms with Crippen LogP contribution in [-0.4, -0.2) is 16.5 Å². The van der Waals surface area contributed by atoms with Gasteiger partial charge >= 0.3 is 0 Å². The number of aryl methyl sites for hydroxylation is 1. The summed E-state index contributed by atoms with van der Waals surface area (Å²) < 4.78 is 0. The molecule has 1 aliphatic rings. The van der Waals surface area contributed by atoms with E-state index in [9.17, 15) is 0 Å². The topological polar surface area (TPSA) is 41.1 Å². The Balaban J connectivity index is 1.56. The van der Waals surface area contributed by atoms with Crippen LogP contribution in [0.5, 0.6) is 0 Å². The number of hydrogen-bond acceptors (Lipinski definition) is 4. The molecular formula is C20H19ClN4. The van der Waals surface area contributed by atoms with Gasteiger partial charge in [0.1, 0.15) is 5.82 Å². The van der Waals surface area contributed by atoms with Crippen molar-refractivity contribution in [2.75, 3.05) is 16.8 Å². The zero-order valence-electron chi connectivity index (χ0n) is 14.0. The smallest absolute Gasteiger partial charge is 0.232 e. The maximum Gasteiger partial charge on any atom is 0.232 e. The van der Waals surface area contributed by atoms with Crippen molar-refractivity contribution in [2.24, 2.45) is 0 Å². The van der Waals surface area contributed by atoms with Crippen LogP contribution in [0.25, 0.3) is 0 Å². The Morgan fingerprint density at radius 2 is 1.88 bits per heavy atom. The average Bonchev–Trinajstić information content (AvgIpc) is 3.05. The number of halogens is 1. The fourth-order valence-electron chi connectivity index (χ4n) is 3.11. The summed E-state index contributed by atoms with van der Waals surface area (Å²) in [6.07, 6.45) is 1.03. The molecule has 2 aromatic carbocycles. The molecule has 0 aliphatic carbocycles. The van der Waals surface area contributed by atoms with Gasteiger partial charge in [0.2, 0.25) is 5.95 Å². The van der Waals surface area contributed by atoms with Gasteiger partial charge in [-0.3, -0.25) is 0 Å². The second-order valence-electron chi connectivity index (χ2n) is 6.20. The first-order valence-corrected chi connectivity index (χ1v) is 8.76. The van der Waals surface area contributed by atoms with Crippen molar-refractivity contribution in [2.45, 2.75) is 19.9 Å². The molecule has 1 aromatic heterocycles. The molecule has 0 unspecified atom stereocenters. The minimum atomic E-state index is 0.698. The van der Waals surface area contributed by atoms with E-state index in [-0.39, 0.29) is 0 Å². The molecule has 0 atom stereocenters. The van der Waals surface area contributed by atoms with E-state index in [1.165, 1.54) is 11.3 Å². The molecule has 0 amide bonds. The van der Waals surface area contributed by atoms with E-state index in [4.69, 9.17) is 16.6 Å². The highest BCUT2D eigenvalue weighted by molar-refractivity contribution is 6.30. The van der Waals surface area contributed by atoms with Gasteiger partial charge in [0, 0.05) is 35.6 Å². The van der Waals surface area contributed by atoms with Gasteiger partial charge in [-0.15, -0.1) is 0 Å². The van der Waals surface area contributed by atoms with Crippen molar-refractivity contribution in [3.05, 3.63) is 76.4 Å². The molecule has 0 fully saturated rings. The number of nitrogens with one attached hydrogen (secondary N) is 1. The third-order valence-corrected chi connectivity index (χ3v) is 4.61. The molecule has 0 saturated heterocycles. The van der Waals surface area contributed by atoms with Gasteiger partial charge in [0.15, 0.2) is 0 Å². The van der Waals surface area contributed by atoms with Crippen molar-refractivity contribution in [1.82, 2.24) is 9.97 Å². The van der Waals surface area contributed by atoms with Gasteiger partial charge in [0.05, 0.1) is 0 Å². The molecule has 0 radical (unpaired) electrons. The molecular weight excluding hydrogens is 332 g/mol. The summed E-state index contributed by atoms with van der Waals surface area (Å²) in [5, 5.41) is 4.14.